The predicted octanol–water partition coefficient (Wildman–Crippen LogP) is 5.05. The van der Waals surface area contributed by atoms with Crippen LogP contribution in [-0.2, 0) is 12.7 Å². The van der Waals surface area contributed by atoms with Crippen molar-refractivity contribution in [1.82, 2.24) is 4.90 Å². The fourth-order valence-corrected chi connectivity index (χ4v) is 3.69. The van der Waals surface area contributed by atoms with Crippen molar-refractivity contribution in [3.05, 3.63) is 57.9 Å². The zero-order valence-corrected chi connectivity index (χ0v) is 16.5. The topological polar surface area (TPSA) is 51.9 Å². The van der Waals surface area contributed by atoms with E-state index >= 15 is 0 Å². The molecule has 0 bridgehead atoms. The lowest BCUT2D eigenvalue weighted by Gasteiger charge is -2.29. The summed E-state index contributed by atoms with van der Waals surface area (Å²) in [5.74, 6) is -0.408. The average Bonchev–Trinajstić information content (AvgIpc) is 2.73. The molecule has 3 aromatic rings. The summed E-state index contributed by atoms with van der Waals surface area (Å²) >= 11 is 0. The molecule has 0 amide bonds. The van der Waals surface area contributed by atoms with E-state index in [9.17, 15) is 18.0 Å². The van der Waals surface area contributed by atoms with Gasteiger partial charge >= 0.3 is 6.18 Å². The molecule has 30 heavy (non-hydrogen) atoms. The summed E-state index contributed by atoms with van der Waals surface area (Å²) in [5.41, 5.74) is -0.761. The van der Waals surface area contributed by atoms with Crippen molar-refractivity contribution in [2.45, 2.75) is 26.1 Å². The van der Waals surface area contributed by atoms with Crippen LogP contribution >= 0.6 is 0 Å². The molecule has 158 valence electrons. The molecule has 4 rings (SSSR count). The molecule has 0 saturated carbocycles. The number of methoxy groups -OCH3 is 1. The Morgan fingerprint density at radius 2 is 1.87 bits per heavy atom. The van der Waals surface area contributed by atoms with Crippen molar-refractivity contribution in [2.24, 2.45) is 0 Å². The van der Waals surface area contributed by atoms with Crippen LogP contribution in [0.1, 0.15) is 24.7 Å². The molecule has 0 fully saturated rings. The van der Waals surface area contributed by atoms with Crippen LogP contribution < -0.4 is 14.9 Å². The van der Waals surface area contributed by atoms with Gasteiger partial charge in [0, 0.05) is 13.1 Å². The highest BCUT2D eigenvalue weighted by atomic mass is 19.4. The molecular formula is C22H20F3NO4. The maximum atomic E-state index is 13.9. The van der Waals surface area contributed by atoms with Crippen LogP contribution in [0.4, 0.5) is 13.2 Å². The van der Waals surface area contributed by atoms with Crippen LogP contribution in [0.5, 0.6) is 11.5 Å². The summed E-state index contributed by atoms with van der Waals surface area (Å²) in [5, 5.41) is 0.0921. The third-order valence-corrected chi connectivity index (χ3v) is 5.08. The van der Waals surface area contributed by atoms with E-state index in [2.05, 4.69) is 0 Å². The van der Waals surface area contributed by atoms with Gasteiger partial charge in [-0.3, -0.25) is 9.69 Å². The lowest BCUT2D eigenvalue weighted by molar-refractivity contribution is -0.152. The predicted molar refractivity (Wildman–Crippen MR) is 106 cm³/mol. The van der Waals surface area contributed by atoms with Gasteiger partial charge in [-0.15, -0.1) is 0 Å². The highest BCUT2D eigenvalue weighted by Crippen LogP contribution is 2.40. The molecule has 8 heteroatoms. The number of fused-ring (bicyclic) bond motifs is 3. The van der Waals surface area contributed by atoms with Crippen molar-refractivity contribution < 1.29 is 27.1 Å². The van der Waals surface area contributed by atoms with Crippen molar-refractivity contribution in [3.63, 3.8) is 0 Å². The number of halogens is 3. The highest BCUT2D eigenvalue weighted by molar-refractivity contribution is 5.87. The number of benzene rings is 2. The molecule has 0 unspecified atom stereocenters. The van der Waals surface area contributed by atoms with Crippen LogP contribution in [0, 0.1) is 0 Å². The Labute approximate surface area is 170 Å². The second-order valence-electron chi connectivity index (χ2n) is 7.11. The average molecular weight is 419 g/mol. The molecule has 0 saturated heterocycles. The maximum Gasteiger partial charge on any atom is 0.450 e. The zero-order chi connectivity index (χ0) is 21.5. The minimum absolute atomic E-state index is 0.0807. The number of alkyl halides is 3. The third kappa shape index (κ3) is 3.52. The monoisotopic (exact) mass is 419 g/mol. The molecule has 0 N–H and O–H groups in total. The molecule has 0 spiro atoms. The Morgan fingerprint density at radius 1 is 1.13 bits per heavy atom. The van der Waals surface area contributed by atoms with E-state index in [4.69, 9.17) is 13.9 Å². The summed E-state index contributed by atoms with van der Waals surface area (Å²) < 4.78 is 57.9. The fraction of sp³-hybridized carbons (Fsp3) is 0.318. The van der Waals surface area contributed by atoms with Gasteiger partial charge in [-0.1, -0.05) is 19.1 Å². The van der Waals surface area contributed by atoms with Gasteiger partial charge in [0.05, 0.1) is 23.6 Å². The minimum atomic E-state index is -4.84. The molecule has 2 aromatic carbocycles. The van der Waals surface area contributed by atoms with Crippen molar-refractivity contribution in [2.75, 3.05) is 20.4 Å². The number of rotatable bonds is 4. The van der Waals surface area contributed by atoms with E-state index in [0.29, 0.717) is 30.3 Å². The molecular weight excluding hydrogens is 399 g/mol. The second kappa shape index (κ2) is 7.68. The van der Waals surface area contributed by atoms with E-state index in [1.807, 2.05) is 11.8 Å². The van der Waals surface area contributed by atoms with E-state index in [-0.39, 0.29) is 16.5 Å². The largest absolute Gasteiger partial charge is 0.497 e. The quantitative estimate of drug-likeness (QED) is 0.593. The molecule has 0 aliphatic carbocycles. The van der Waals surface area contributed by atoms with Gasteiger partial charge in [0.25, 0.3) is 0 Å². The first-order valence-corrected chi connectivity index (χ1v) is 9.53. The first kappa shape index (κ1) is 20.3. The molecule has 0 atom stereocenters. The Kier molecular flexibility index (Phi) is 5.19. The lowest BCUT2D eigenvalue weighted by atomic mass is 9.99. The Bertz CT molecular complexity index is 1140. The van der Waals surface area contributed by atoms with Crippen LogP contribution in [-0.4, -0.2) is 25.3 Å². The standard InChI is InChI=1S/C22H20F3NO4/c1-3-10-26-11-16-17(29-12-26)9-8-15-19(27)18(13-4-6-14(28-2)7-5-13)21(22(23,24)25)30-20(15)16/h4-9H,3,10-12H2,1-2H3. The normalized spacial score (nSPS) is 14.4. The van der Waals surface area contributed by atoms with Crippen molar-refractivity contribution in [3.8, 4) is 22.6 Å². The molecule has 2 heterocycles. The molecule has 5 nitrogen and oxygen atoms in total. The van der Waals surface area contributed by atoms with Gasteiger partial charge in [0.2, 0.25) is 11.2 Å². The van der Waals surface area contributed by atoms with Gasteiger partial charge < -0.3 is 13.9 Å². The van der Waals surface area contributed by atoms with Crippen LogP contribution in [0.3, 0.4) is 0 Å². The lowest BCUT2D eigenvalue weighted by Crippen LogP contribution is -2.32. The number of hydrogen-bond acceptors (Lipinski definition) is 5. The molecule has 1 aliphatic heterocycles. The van der Waals surface area contributed by atoms with Gasteiger partial charge in [-0.25, -0.2) is 0 Å². The van der Waals surface area contributed by atoms with Crippen LogP contribution in [0.2, 0.25) is 0 Å². The van der Waals surface area contributed by atoms with Gasteiger partial charge in [-0.05, 0) is 36.2 Å². The SMILES string of the molecule is CCCN1COc2ccc3c(=O)c(-c4ccc(OC)cc4)c(C(F)(F)F)oc3c2C1. The molecule has 0 radical (unpaired) electrons. The van der Waals surface area contributed by atoms with E-state index in [1.165, 1.54) is 37.4 Å². The van der Waals surface area contributed by atoms with E-state index in [0.717, 1.165) is 13.0 Å². The Balaban J connectivity index is 1.97. The van der Waals surface area contributed by atoms with Gasteiger partial charge in [-0.2, -0.15) is 13.2 Å². The number of hydrogen-bond donors (Lipinski definition) is 0. The smallest absolute Gasteiger partial charge is 0.450 e. The first-order chi connectivity index (χ1) is 14.3. The summed E-state index contributed by atoms with van der Waals surface area (Å²) in [4.78, 5) is 15.1. The van der Waals surface area contributed by atoms with Crippen molar-refractivity contribution in [1.29, 1.82) is 0 Å². The Morgan fingerprint density at radius 3 is 2.50 bits per heavy atom. The Hall–Kier alpha value is -3.00. The molecule has 1 aromatic heterocycles. The summed E-state index contributed by atoms with van der Waals surface area (Å²) in [6.07, 6.45) is -3.98. The second-order valence-corrected chi connectivity index (χ2v) is 7.11. The first-order valence-electron chi connectivity index (χ1n) is 9.53. The van der Waals surface area contributed by atoms with Gasteiger partial charge in [0.1, 0.15) is 23.8 Å². The summed E-state index contributed by atoms with van der Waals surface area (Å²) in [7, 11) is 1.45. The maximum absolute atomic E-state index is 13.9. The molecule has 1 aliphatic rings. The fourth-order valence-electron chi connectivity index (χ4n) is 3.69. The van der Waals surface area contributed by atoms with Crippen LogP contribution in [0.15, 0.2) is 45.6 Å². The third-order valence-electron chi connectivity index (χ3n) is 5.08. The summed E-state index contributed by atoms with van der Waals surface area (Å²) in [6, 6.07) is 8.91. The van der Waals surface area contributed by atoms with Crippen LogP contribution in [0.25, 0.3) is 22.1 Å². The number of ether oxygens (including phenoxy) is 2. The van der Waals surface area contributed by atoms with E-state index < -0.39 is 22.9 Å². The highest BCUT2D eigenvalue weighted by Gasteiger charge is 2.40. The van der Waals surface area contributed by atoms with Gasteiger partial charge in [0.15, 0.2) is 0 Å². The summed E-state index contributed by atoms with van der Waals surface area (Å²) in [6.45, 7) is 3.41. The van der Waals surface area contributed by atoms with Crippen molar-refractivity contribution >= 4 is 11.0 Å². The van der Waals surface area contributed by atoms with E-state index in [1.54, 1.807) is 6.07 Å². The number of nitrogens with zero attached hydrogens (tertiary/aromatic N) is 1. The minimum Gasteiger partial charge on any atom is -0.497 e. The zero-order valence-electron chi connectivity index (χ0n) is 16.5.